The highest BCUT2D eigenvalue weighted by Gasteiger charge is 2.52. The lowest BCUT2D eigenvalue weighted by atomic mass is 9.69. The molecule has 0 radical (unpaired) electrons. The number of likely N-dealkylation sites (tertiary alicyclic amines) is 1. The lowest BCUT2D eigenvalue weighted by Gasteiger charge is -2.53. The summed E-state index contributed by atoms with van der Waals surface area (Å²) >= 11 is 8.76. The fourth-order valence-electron chi connectivity index (χ4n) is 7.97. The van der Waals surface area contributed by atoms with Crippen molar-refractivity contribution in [2.75, 3.05) is 39.3 Å². The third-order valence-corrected chi connectivity index (χ3v) is 11.3. The number of esters is 1. The molecule has 1 aliphatic heterocycles. The third-order valence-electron chi connectivity index (χ3n) is 10.5. The Balaban J connectivity index is 0.000000174. The van der Waals surface area contributed by atoms with Gasteiger partial charge in [0.2, 0.25) is 0 Å². The maximum absolute atomic E-state index is 12.5. The first-order valence-electron chi connectivity index (χ1n) is 17.7. The first kappa shape index (κ1) is 36.7. The number of likely N-dealkylation sites (N-methyl/N-ethyl adjacent to an activating group) is 1. The number of rotatable bonds is 6. The van der Waals surface area contributed by atoms with Crippen molar-refractivity contribution >= 4 is 66.7 Å². The minimum atomic E-state index is -0.421. The SMILES string of the molecule is COC12CC(COC(=O)c3cncc(Br)c3)CN(C)C1Cc1cn(C)c3cccc2c13.Cc1cccc(N(C)C(=S)Oc2ccc3ccccc3c2)c1. The standard InChI is InChI=1S/C24H26BrN3O3.C19H17NOS/c1-27-13-17-8-21-24(30-3,19-5-4-6-20(27)22(17)19)9-15(12-28(21)2)14-31-23(29)16-7-18(25)11-26-10-16;1-14-6-5-9-17(12-14)20(2)19(22)21-18-11-10-15-7-3-4-8-16(15)13-18/h4-7,10-11,13,15,21H,8-9,12,14H2,1-3H3;3-13H,1-2H3. The van der Waals surface area contributed by atoms with E-state index >= 15 is 0 Å². The van der Waals surface area contributed by atoms with Crippen LogP contribution in [0.3, 0.4) is 0 Å². The van der Waals surface area contributed by atoms with E-state index in [1.165, 1.54) is 39.2 Å². The van der Waals surface area contributed by atoms with Crippen LogP contribution >= 0.6 is 28.1 Å². The minimum Gasteiger partial charge on any atom is -0.462 e. The number of ether oxygens (including phenoxy) is 3. The third kappa shape index (κ3) is 7.46. The number of piperidine rings is 1. The number of halogens is 1. The number of hydrogen-bond acceptors (Lipinski definition) is 7. The van der Waals surface area contributed by atoms with E-state index in [4.69, 9.17) is 26.4 Å². The quantitative estimate of drug-likeness (QED) is 0.123. The van der Waals surface area contributed by atoms with Crippen LogP contribution in [0.5, 0.6) is 5.75 Å². The summed E-state index contributed by atoms with van der Waals surface area (Å²) in [5.74, 6) is 0.579. The van der Waals surface area contributed by atoms with E-state index in [0.29, 0.717) is 17.3 Å². The molecule has 1 fully saturated rings. The lowest BCUT2D eigenvalue weighted by Crippen LogP contribution is -2.59. The fourth-order valence-corrected chi connectivity index (χ4v) is 8.54. The Morgan fingerprint density at radius 3 is 2.57 bits per heavy atom. The number of benzene rings is 4. The second kappa shape index (κ2) is 15.4. The highest BCUT2D eigenvalue weighted by Crippen LogP contribution is 2.49. The number of nitrogens with zero attached hydrogens (tertiary/aromatic N) is 4. The molecule has 53 heavy (non-hydrogen) atoms. The minimum absolute atomic E-state index is 0.172. The topological polar surface area (TPSA) is 69.1 Å². The summed E-state index contributed by atoms with van der Waals surface area (Å²) in [5.41, 5.74) is 6.11. The van der Waals surface area contributed by atoms with Crippen LogP contribution in [0.15, 0.2) is 114 Å². The van der Waals surface area contributed by atoms with Crippen molar-refractivity contribution in [2.24, 2.45) is 13.0 Å². The van der Waals surface area contributed by atoms with E-state index < -0.39 is 5.60 Å². The fraction of sp³-hybridized carbons (Fsp3) is 0.279. The average Bonchev–Trinajstić information content (AvgIpc) is 3.49. The number of hydrogen-bond donors (Lipinski definition) is 0. The Hall–Kier alpha value is -4.61. The number of methoxy groups -OCH3 is 1. The van der Waals surface area contributed by atoms with Gasteiger partial charge in [0.05, 0.1) is 12.2 Å². The van der Waals surface area contributed by atoms with Crippen LogP contribution in [0.25, 0.3) is 21.7 Å². The first-order valence-corrected chi connectivity index (χ1v) is 18.9. The van der Waals surface area contributed by atoms with Crippen molar-refractivity contribution in [1.82, 2.24) is 14.5 Å². The summed E-state index contributed by atoms with van der Waals surface area (Å²) in [7, 11) is 7.98. The van der Waals surface area contributed by atoms with Gasteiger partial charge in [-0.2, -0.15) is 0 Å². The van der Waals surface area contributed by atoms with Crippen LogP contribution in [0.4, 0.5) is 5.69 Å². The Bertz CT molecular complexity index is 2310. The van der Waals surface area contributed by atoms with Gasteiger partial charge in [-0.1, -0.05) is 54.6 Å². The van der Waals surface area contributed by atoms with Crippen molar-refractivity contribution in [3.63, 3.8) is 0 Å². The molecule has 2 aliphatic rings. The normalized spacial score (nSPS) is 19.2. The molecule has 0 spiro atoms. The molecule has 0 saturated carbocycles. The van der Waals surface area contributed by atoms with E-state index in [-0.39, 0.29) is 17.9 Å². The number of thiocarbonyl (C=S) groups is 1. The number of aryl methyl sites for hydroxylation is 2. The van der Waals surface area contributed by atoms with Gasteiger partial charge in [-0.3, -0.25) is 9.88 Å². The first-order chi connectivity index (χ1) is 25.6. The molecule has 6 aromatic rings. The Labute approximate surface area is 324 Å². The molecule has 2 aromatic heterocycles. The molecule has 8 rings (SSSR count). The van der Waals surface area contributed by atoms with Crippen molar-refractivity contribution in [3.8, 4) is 5.75 Å². The largest absolute Gasteiger partial charge is 0.462 e. The van der Waals surface area contributed by atoms with E-state index in [0.717, 1.165) is 40.7 Å². The summed E-state index contributed by atoms with van der Waals surface area (Å²) in [6.07, 6.45) is 7.20. The molecule has 4 aromatic carbocycles. The van der Waals surface area contributed by atoms with E-state index in [9.17, 15) is 4.79 Å². The number of carbonyl (C=O) groups excluding carboxylic acids is 1. The van der Waals surface area contributed by atoms with Gasteiger partial charge in [0.15, 0.2) is 0 Å². The number of fused-ring (bicyclic) bond motifs is 3. The highest BCUT2D eigenvalue weighted by molar-refractivity contribution is 9.10. The van der Waals surface area contributed by atoms with Crippen LogP contribution < -0.4 is 9.64 Å². The van der Waals surface area contributed by atoms with E-state index in [1.54, 1.807) is 12.3 Å². The monoisotopic (exact) mass is 790 g/mol. The number of anilines is 1. The number of pyridine rings is 1. The zero-order valence-corrected chi connectivity index (χ0v) is 33.0. The molecular weight excluding hydrogens is 748 g/mol. The molecule has 10 heteroatoms. The van der Waals surface area contributed by atoms with E-state index in [1.807, 2.05) is 61.5 Å². The van der Waals surface area contributed by atoms with Crippen molar-refractivity contribution in [1.29, 1.82) is 0 Å². The van der Waals surface area contributed by atoms with Crippen LogP contribution in [-0.4, -0.2) is 66.0 Å². The summed E-state index contributed by atoms with van der Waals surface area (Å²) in [6.45, 7) is 3.27. The second-order valence-electron chi connectivity index (χ2n) is 14.1. The molecule has 0 N–H and O–H groups in total. The summed E-state index contributed by atoms with van der Waals surface area (Å²) < 4.78 is 20.8. The van der Waals surface area contributed by atoms with Crippen molar-refractivity contribution in [2.45, 2.75) is 31.4 Å². The predicted molar refractivity (Wildman–Crippen MR) is 219 cm³/mol. The van der Waals surface area contributed by atoms with Gasteiger partial charge >= 0.3 is 5.97 Å². The van der Waals surface area contributed by atoms with Crippen LogP contribution in [0, 0.1) is 12.8 Å². The molecule has 0 amide bonds. The maximum atomic E-state index is 12.5. The Morgan fingerprint density at radius 2 is 1.79 bits per heavy atom. The molecule has 1 saturated heterocycles. The van der Waals surface area contributed by atoms with Crippen molar-refractivity contribution < 1.29 is 19.0 Å². The van der Waals surface area contributed by atoms with Gasteiger partial charge in [0.25, 0.3) is 5.17 Å². The van der Waals surface area contributed by atoms with Crippen LogP contribution in [0.2, 0.25) is 0 Å². The molecule has 0 bridgehead atoms. The van der Waals surface area contributed by atoms with Crippen LogP contribution in [-0.2, 0) is 28.5 Å². The molecule has 1 aliphatic carbocycles. The zero-order valence-electron chi connectivity index (χ0n) is 30.6. The second-order valence-corrected chi connectivity index (χ2v) is 15.3. The molecular formula is C43H43BrN4O4S. The zero-order chi connectivity index (χ0) is 37.3. The van der Waals surface area contributed by atoms with Gasteiger partial charge in [0.1, 0.15) is 11.4 Å². The molecule has 3 atom stereocenters. The number of aromatic nitrogens is 2. The number of carbonyl (C=O) groups is 1. The highest BCUT2D eigenvalue weighted by atomic mass is 79.9. The van der Waals surface area contributed by atoms with Gasteiger partial charge in [-0.15, -0.1) is 0 Å². The summed E-state index contributed by atoms with van der Waals surface area (Å²) in [6, 6.07) is 30.8. The smallest absolute Gasteiger partial charge is 0.339 e. The van der Waals surface area contributed by atoms with E-state index in [2.05, 4.69) is 100 Å². The Kier molecular flexibility index (Phi) is 10.7. The summed E-state index contributed by atoms with van der Waals surface area (Å²) in [4.78, 5) is 20.8. The predicted octanol–water partition coefficient (Wildman–Crippen LogP) is 8.86. The molecule has 3 heterocycles. The van der Waals surface area contributed by atoms with Crippen molar-refractivity contribution in [3.05, 3.63) is 136 Å². The van der Waals surface area contributed by atoms with Crippen LogP contribution in [0.1, 0.15) is 33.5 Å². The van der Waals surface area contributed by atoms with Gasteiger partial charge in [0, 0.05) is 79.4 Å². The maximum Gasteiger partial charge on any atom is 0.339 e. The molecule has 8 nitrogen and oxygen atoms in total. The summed E-state index contributed by atoms with van der Waals surface area (Å²) in [5, 5.41) is 4.07. The molecule has 3 unspecified atom stereocenters. The van der Waals surface area contributed by atoms with Gasteiger partial charge in [-0.25, -0.2) is 4.79 Å². The molecule has 272 valence electrons. The van der Waals surface area contributed by atoms with Gasteiger partial charge in [-0.05, 0) is 119 Å². The lowest BCUT2D eigenvalue weighted by molar-refractivity contribution is -0.131. The van der Waals surface area contributed by atoms with Gasteiger partial charge < -0.3 is 23.7 Å². The Morgan fingerprint density at radius 1 is 1.00 bits per heavy atom. The average molecular weight is 792 g/mol.